The molecule has 0 spiro atoms. The fraction of sp³-hybridized carbons (Fsp3) is 0.500. The van der Waals surface area contributed by atoms with Crippen molar-refractivity contribution < 1.29 is 4.79 Å². The van der Waals surface area contributed by atoms with Crippen LogP contribution in [0.1, 0.15) is 50.6 Å². The van der Waals surface area contributed by atoms with E-state index in [0.29, 0.717) is 4.99 Å². The van der Waals surface area contributed by atoms with E-state index >= 15 is 0 Å². The lowest BCUT2D eigenvalue weighted by Gasteiger charge is -2.29. The molecule has 1 aromatic carbocycles. The number of amides is 1. The summed E-state index contributed by atoms with van der Waals surface area (Å²) in [4.78, 5) is 13.0. The molecule has 0 bridgehead atoms. The summed E-state index contributed by atoms with van der Waals surface area (Å²) in [6, 6.07) is 10.1. The highest BCUT2D eigenvalue weighted by atomic mass is 32.1. The van der Waals surface area contributed by atoms with Gasteiger partial charge < -0.3 is 11.1 Å². The van der Waals surface area contributed by atoms with Gasteiger partial charge in [-0.15, -0.1) is 0 Å². The average molecular weight is 290 g/mol. The molecule has 3 N–H and O–H groups in total. The van der Waals surface area contributed by atoms with Gasteiger partial charge in [0.1, 0.15) is 0 Å². The van der Waals surface area contributed by atoms with E-state index in [9.17, 15) is 4.79 Å². The number of rotatable bonds is 5. The van der Waals surface area contributed by atoms with Crippen LogP contribution in [0.15, 0.2) is 30.3 Å². The number of benzene rings is 1. The van der Waals surface area contributed by atoms with Gasteiger partial charge in [-0.1, -0.05) is 62.3 Å². The van der Waals surface area contributed by atoms with E-state index in [4.69, 9.17) is 18.0 Å². The Morgan fingerprint density at radius 1 is 1.35 bits per heavy atom. The Morgan fingerprint density at radius 2 is 1.95 bits per heavy atom. The normalized spacial score (nSPS) is 18.4. The summed E-state index contributed by atoms with van der Waals surface area (Å²) in [7, 11) is 0. The van der Waals surface area contributed by atoms with Gasteiger partial charge in [0, 0.05) is 0 Å². The summed E-state index contributed by atoms with van der Waals surface area (Å²) < 4.78 is 0. The molecule has 1 aliphatic rings. The molecule has 1 fully saturated rings. The Labute approximate surface area is 125 Å². The number of nitrogens with one attached hydrogen (secondary N) is 1. The minimum atomic E-state index is -0.627. The van der Waals surface area contributed by atoms with Crippen LogP contribution in [-0.4, -0.2) is 10.9 Å². The number of nitrogens with two attached hydrogens (primary N) is 1. The first kappa shape index (κ1) is 15.0. The van der Waals surface area contributed by atoms with Crippen LogP contribution in [0.5, 0.6) is 0 Å². The highest BCUT2D eigenvalue weighted by Gasteiger charge is 2.44. The minimum Gasteiger partial charge on any atom is -0.392 e. The SMILES string of the molecule is CCC(NC(=O)C1(C(N)=S)CCCC1)c1ccccc1. The standard InChI is InChI=1S/C16H22N2OS/c1-2-13(12-8-4-3-5-9-12)18-15(19)16(14(17)20)10-6-7-11-16/h3-5,8-9,13H,2,6-7,10-11H2,1H3,(H2,17,20)(H,18,19). The zero-order valence-corrected chi connectivity index (χ0v) is 12.7. The molecule has 1 aliphatic carbocycles. The Balaban J connectivity index is 2.15. The Kier molecular flexibility index (Phi) is 4.76. The van der Waals surface area contributed by atoms with Gasteiger partial charge in [-0.25, -0.2) is 0 Å². The molecule has 1 saturated carbocycles. The van der Waals surface area contributed by atoms with Crippen LogP contribution >= 0.6 is 12.2 Å². The predicted molar refractivity (Wildman–Crippen MR) is 85.3 cm³/mol. The molecule has 1 atom stereocenters. The molecular weight excluding hydrogens is 268 g/mol. The maximum Gasteiger partial charge on any atom is 0.233 e. The summed E-state index contributed by atoms with van der Waals surface area (Å²) in [5, 5.41) is 3.14. The number of hydrogen-bond acceptors (Lipinski definition) is 2. The third-order valence-corrected chi connectivity index (χ3v) is 4.67. The smallest absolute Gasteiger partial charge is 0.233 e. The quantitative estimate of drug-likeness (QED) is 0.819. The van der Waals surface area contributed by atoms with Crippen LogP contribution < -0.4 is 11.1 Å². The van der Waals surface area contributed by atoms with E-state index in [1.54, 1.807) is 0 Å². The lowest BCUT2D eigenvalue weighted by molar-refractivity contribution is -0.128. The number of thiocarbonyl (C=S) groups is 1. The van der Waals surface area contributed by atoms with Crippen molar-refractivity contribution in [3.05, 3.63) is 35.9 Å². The monoisotopic (exact) mass is 290 g/mol. The van der Waals surface area contributed by atoms with Crippen molar-refractivity contribution in [2.75, 3.05) is 0 Å². The summed E-state index contributed by atoms with van der Waals surface area (Å²) in [6.45, 7) is 2.07. The Bertz CT molecular complexity index is 481. The van der Waals surface area contributed by atoms with Crippen LogP contribution in [0.3, 0.4) is 0 Å². The molecule has 1 unspecified atom stereocenters. The second-order valence-electron chi connectivity index (χ2n) is 5.50. The van der Waals surface area contributed by atoms with Crippen molar-refractivity contribution in [3.63, 3.8) is 0 Å². The van der Waals surface area contributed by atoms with Gasteiger partial charge in [0.15, 0.2) is 0 Å². The van der Waals surface area contributed by atoms with E-state index in [-0.39, 0.29) is 11.9 Å². The van der Waals surface area contributed by atoms with E-state index in [1.165, 1.54) is 0 Å². The first-order valence-corrected chi connectivity index (χ1v) is 7.67. The Morgan fingerprint density at radius 3 is 2.45 bits per heavy atom. The van der Waals surface area contributed by atoms with Gasteiger partial charge in [-0.3, -0.25) is 4.79 Å². The molecular formula is C16H22N2OS. The number of carbonyl (C=O) groups excluding carboxylic acids is 1. The Hall–Kier alpha value is -1.42. The van der Waals surface area contributed by atoms with Gasteiger partial charge in [-0.05, 0) is 24.8 Å². The van der Waals surface area contributed by atoms with E-state index in [1.807, 2.05) is 30.3 Å². The average Bonchev–Trinajstić information content (AvgIpc) is 2.96. The van der Waals surface area contributed by atoms with Gasteiger partial charge in [-0.2, -0.15) is 0 Å². The summed E-state index contributed by atoms with van der Waals surface area (Å²) in [5.74, 6) is -0.00166. The molecule has 0 saturated heterocycles. The first-order valence-electron chi connectivity index (χ1n) is 7.26. The molecule has 4 heteroatoms. The summed E-state index contributed by atoms with van der Waals surface area (Å²) in [5.41, 5.74) is 6.36. The predicted octanol–water partition coefficient (Wildman–Crippen LogP) is 3.10. The molecule has 0 aromatic heterocycles. The fourth-order valence-electron chi connectivity index (χ4n) is 2.97. The maximum atomic E-state index is 12.7. The highest BCUT2D eigenvalue weighted by molar-refractivity contribution is 7.80. The summed E-state index contributed by atoms with van der Waals surface area (Å²) in [6.07, 6.45) is 4.45. The number of hydrogen-bond donors (Lipinski definition) is 2. The van der Waals surface area contributed by atoms with Crippen LogP contribution in [-0.2, 0) is 4.79 Å². The first-order chi connectivity index (χ1) is 9.60. The van der Waals surface area contributed by atoms with Crippen molar-refractivity contribution >= 4 is 23.1 Å². The molecule has 2 rings (SSSR count). The van der Waals surface area contributed by atoms with Gasteiger partial charge in [0.05, 0.1) is 16.4 Å². The van der Waals surface area contributed by atoms with Gasteiger partial charge >= 0.3 is 0 Å². The highest BCUT2D eigenvalue weighted by Crippen LogP contribution is 2.39. The van der Waals surface area contributed by atoms with Crippen molar-refractivity contribution in [1.82, 2.24) is 5.32 Å². The van der Waals surface area contributed by atoms with E-state index in [2.05, 4.69) is 12.2 Å². The molecule has 0 radical (unpaired) electrons. The van der Waals surface area contributed by atoms with Crippen molar-refractivity contribution in [3.8, 4) is 0 Å². The van der Waals surface area contributed by atoms with Crippen LogP contribution in [0, 0.1) is 5.41 Å². The maximum absolute atomic E-state index is 12.7. The van der Waals surface area contributed by atoms with Crippen LogP contribution in [0.25, 0.3) is 0 Å². The van der Waals surface area contributed by atoms with Crippen LogP contribution in [0.4, 0.5) is 0 Å². The van der Waals surface area contributed by atoms with Gasteiger partial charge in [0.2, 0.25) is 5.91 Å². The number of carbonyl (C=O) groups is 1. The molecule has 0 aliphatic heterocycles. The largest absolute Gasteiger partial charge is 0.392 e. The zero-order chi connectivity index (χ0) is 14.6. The third-order valence-electron chi connectivity index (χ3n) is 4.28. The molecule has 3 nitrogen and oxygen atoms in total. The van der Waals surface area contributed by atoms with Crippen molar-refractivity contribution in [1.29, 1.82) is 0 Å². The molecule has 20 heavy (non-hydrogen) atoms. The third kappa shape index (κ3) is 2.85. The molecule has 0 heterocycles. The molecule has 108 valence electrons. The minimum absolute atomic E-state index is 0.00166. The van der Waals surface area contributed by atoms with Gasteiger partial charge in [0.25, 0.3) is 0 Å². The molecule has 1 amide bonds. The lowest BCUT2D eigenvalue weighted by atomic mass is 9.84. The van der Waals surface area contributed by atoms with Crippen molar-refractivity contribution in [2.24, 2.45) is 11.1 Å². The molecule has 1 aromatic rings. The topological polar surface area (TPSA) is 55.1 Å². The second kappa shape index (κ2) is 6.35. The van der Waals surface area contributed by atoms with E-state index < -0.39 is 5.41 Å². The second-order valence-corrected chi connectivity index (χ2v) is 5.94. The zero-order valence-electron chi connectivity index (χ0n) is 11.9. The van der Waals surface area contributed by atoms with E-state index in [0.717, 1.165) is 37.7 Å². The summed E-state index contributed by atoms with van der Waals surface area (Å²) >= 11 is 5.17. The fourth-order valence-corrected chi connectivity index (χ4v) is 3.26. The van der Waals surface area contributed by atoms with Crippen molar-refractivity contribution in [2.45, 2.75) is 45.1 Å². The lowest BCUT2D eigenvalue weighted by Crippen LogP contribution is -2.48. The van der Waals surface area contributed by atoms with Crippen LogP contribution in [0.2, 0.25) is 0 Å².